The molecule has 0 amide bonds. The minimum atomic E-state index is -4.42. The fourth-order valence-corrected chi connectivity index (χ4v) is 3.50. The molecule has 2 bridgehead atoms. The summed E-state index contributed by atoms with van der Waals surface area (Å²) in [6.07, 6.45) is -1.61. The van der Waals surface area contributed by atoms with Crippen molar-refractivity contribution in [3.63, 3.8) is 0 Å². The zero-order valence-corrected chi connectivity index (χ0v) is 10.7. The molecule has 4 heterocycles. The van der Waals surface area contributed by atoms with Crippen molar-refractivity contribution in [3.05, 3.63) is 22.8 Å². The lowest BCUT2D eigenvalue weighted by molar-refractivity contribution is -0.142. The Morgan fingerprint density at radius 3 is 2.65 bits per heavy atom. The highest BCUT2D eigenvalue weighted by atomic mass is 19.4. The number of halogens is 3. The van der Waals surface area contributed by atoms with Gasteiger partial charge >= 0.3 is 6.18 Å². The van der Waals surface area contributed by atoms with Crippen LogP contribution in [-0.4, -0.2) is 22.2 Å². The van der Waals surface area contributed by atoms with E-state index in [2.05, 4.69) is 15.3 Å². The molecule has 1 N–H and O–H groups in total. The van der Waals surface area contributed by atoms with Crippen molar-refractivity contribution < 1.29 is 17.9 Å². The highest BCUT2D eigenvalue weighted by Crippen LogP contribution is 2.44. The maximum Gasteiger partial charge on any atom is 0.433 e. The van der Waals surface area contributed by atoms with Crippen LogP contribution in [0.25, 0.3) is 0 Å². The molecule has 20 heavy (non-hydrogen) atoms. The average molecular weight is 285 g/mol. The molecule has 3 unspecified atom stereocenters. The summed E-state index contributed by atoms with van der Waals surface area (Å²) in [6.45, 7) is 0.577. The second-order valence-electron chi connectivity index (χ2n) is 5.67. The summed E-state index contributed by atoms with van der Waals surface area (Å²) in [7, 11) is 0. The first kappa shape index (κ1) is 12.5. The van der Waals surface area contributed by atoms with Crippen molar-refractivity contribution in [2.24, 2.45) is 0 Å². The maximum atomic E-state index is 13.1. The standard InChI is InChI=1S/C13H14F3N3O/c14-13(15,16)11-8-4-17-5-9(8)18-12(19-11)7-3-6-1-2-10(7)20-6/h6-7,10,17H,1-5H2. The fraction of sp³-hybridized carbons (Fsp3) is 0.692. The first-order valence-electron chi connectivity index (χ1n) is 6.85. The SMILES string of the molecule is FC(F)(F)c1nc(C2CC3CCC2O3)nc2c1CNC2. The molecule has 3 aliphatic rings. The Morgan fingerprint density at radius 1 is 1.15 bits per heavy atom. The number of fused-ring (bicyclic) bond motifs is 3. The van der Waals surface area contributed by atoms with Crippen molar-refractivity contribution in [1.82, 2.24) is 15.3 Å². The molecule has 0 aromatic carbocycles. The zero-order valence-electron chi connectivity index (χ0n) is 10.7. The van der Waals surface area contributed by atoms with Gasteiger partial charge in [-0.05, 0) is 19.3 Å². The molecule has 0 aliphatic carbocycles. The number of hydrogen-bond acceptors (Lipinski definition) is 4. The van der Waals surface area contributed by atoms with Gasteiger partial charge in [0.05, 0.1) is 17.9 Å². The monoisotopic (exact) mass is 285 g/mol. The van der Waals surface area contributed by atoms with Crippen molar-refractivity contribution in [2.45, 2.75) is 56.7 Å². The van der Waals surface area contributed by atoms with Crippen molar-refractivity contribution in [1.29, 1.82) is 0 Å². The number of nitrogens with one attached hydrogen (secondary N) is 1. The van der Waals surface area contributed by atoms with Gasteiger partial charge in [0.2, 0.25) is 0 Å². The lowest BCUT2D eigenvalue weighted by Gasteiger charge is -2.19. The van der Waals surface area contributed by atoms with Gasteiger partial charge in [-0.2, -0.15) is 13.2 Å². The van der Waals surface area contributed by atoms with Crippen molar-refractivity contribution in [2.75, 3.05) is 0 Å². The molecule has 7 heteroatoms. The van der Waals surface area contributed by atoms with Crippen LogP contribution in [-0.2, 0) is 24.0 Å². The van der Waals surface area contributed by atoms with Gasteiger partial charge in [0, 0.05) is 24.6 Å². The van der Waals surface area contributed by atoms with Gasteiger partial charge < -0.3 is 10.1 Å². The second kappa shape index (κ2) is 4.14. The molecular weight excluding hydrogens is 271 g/mol. The van der Waals surface area contributed by atoms with Crippen LogP contribution in [0.4, 0.5) is 13.2 Å². The first-order chi connectivity index (χ1) is 9.52. The Balaban J connectivity index is 1.78. The summed E-state index contributed by atoms with van der Waals surface area (Å²) in [4.78, 5) is 8.23. The van der Waals surface area contributed by atoms with Gasteiger partial charge in [-0.3, -0.25) is 0 Å². The predicted molar refractivity (Wildman–Crippen MR) is 62.8 cm³/mol. The van der Waals surface area contributed by atoms with E-state index in [0.29, 0.717) is 18.1 Å². The van der Waals surface area contributed by atoms with Crippen LogP contribution >= 0.6 is 0 Å². The number of nitrogens with zero attached hydrogens (tertiary/aromatic N) is 2. The van der Waals surface area contributed by atoms with E-state index in [1.54, 1.807) is 0 Å². The molecule has 0 spiro atoms. The van der Waals surface area contributed by atoms with E-state index in [1.807, 2.05) is 0 Å². The smallest absolute Gasteiger partial charge is 0.374 e. The van der Waals surface area contributed by atoms with Gasteiger partial charge in [0.1, 0.15) is 5.82 Å². The Bertz CT molecular complexity index is 561. The molecule has 3 atom stereocenters. The van der Waals surface area contributed by atoms with Crippen LogP contribution in [0.15, 0.2) is 0 Å². The molecule has 4 nitrogen and oxygen atoms in total. The maximum absolute atomic E-state index is 13.1. The molecule has 4 rings (SSSR count). The lowest BCUT2D eigenvalue weighted by atomic mass is 9.88. The van der Waals surface area contributed by atoms with Crippen LogP contribution in [0.5, 0.6) is 0 Å². The van der Waals surface area contributed by atoms with Crippen LogP contribution in [0.2, 0.25) is 0 Å². The highest BCUT2D eigenvalue weighted by Gasteiger charge is 2.45. The summed E-state index contributed by atoms with van der Waals surface area (Å²) in [6, 6.07) is 0. The largest absolute Gasteiger partial charge is 0.433 e. The van der Waals surface area contributed by atoms with Crippen LogP contribution < -0.4 is 5.32 Å². The normalized spacial score (nSPS) is 31.9. The van der Waals surface area contributed by atoms with Gasteiger partial charge in [-0.25, -0.2) is 9.97 Å². The van der Waals surface area contributed by atoms with Crippen LogP contribution in [0.1, 0.15) is 48.0 Å². The fourth-order valence-electron chi connectivity index (χ4n) is 3.50. The minimum Gasteiger partial charge on any atom is -0.374 e. The summed E-state index contributed by atoms with van der Waals surface area (Å²) >= 11 is 0. The molecule has 2 saturated heterocycles. The van der Waals surface area contributed by atoms with E-state index in [-0.39, 0.29) is 30.2 Å². The number of alkyl halides is 3. The first-order valence-corrected chi connectivity index (χ1v) is 6.85. The van der Waals surface area contributed by atoms with E-state index in [9.17, 15) is 13.2 Å². The Labute approximate surface area is 113 Å². The van der Waals surface area contributed by atoms with E-state index in [1.165, 1.54) is 0 Å². The summed E-state index contributed by atoms with van der Waals surface area (Å²) in [5.74, 6) is 0.229. The summed E-state index contributed by atoms with van der Waals surface area (Å²) < 4.78 is 45.2. The van der Waals surface area contributed by atoms with Gasteiger partial charge in [-0.1, -0.05) is 0 Å². The highest BCUT2D eigenvalue weighted by molar-refractivity contribution is 5.32. The number of rotatable bonds is 1. The summed E-state index contributed by atoms with van der Waals surface area (Å²) in [5.41, 5.74) is -0.0827. The average Bonchev–Trinajstić information content (AvgIpc) is 3.11. The van der Waals surface area contributed by atoms with Gasteiger partial charge in [-0.15, -0.1) is 0 Å². The quantitative estimate of drug-likeness (QED) is 0.858. The lowest BCUT2D eigenvalue weighted by Crippen LogP contribution is -2.21. The van der Waals surface area contributed by atoms with Crippen LogP contribution in [0.3, 0.4) is 0 Å². The molecular formula is C13H14F3N3O. The van der Waals surface area contributed by atoms with E-state index in [0.717, 1.165) is 19.3 Å². The van der Waals surface area contributed by atoms with Gasteiger partial charge in [0.15, 0.2) is 5.69 Å². The topological polar surface area (TPSA) is 47.0 Å². The molecule has 1 aromatic heterocycles. The van der Waals surface area contributed by atoms with Crippen LogP contribution in [0, 0.1) is 0 Å². The second-order valence-corrected chi connectivity index (χ2v) is 5.67. The van der Waals surface area contributed by atoms with Gasteiger partial charge in [0.25, 0.3) is 0 Å². The molecule has 2 fully saturated rings. The molecule has 1 aromatic rings. The molecule has 3 aliphatic heterocycles. The van der Waals surface area contributed by atoms with E-state index < -0.39 is 11.9 Å². The van der Waals surface area contributed by atoms with Crippen molar-refractivity contribution in [3.8, 4) is 0 Å². The number of hydrogen-bond donors (Lipinski definition) is 1. The third kappa shape index (κ3) is 1.83. The third-order valence-corrected chi connectivity index (χ3v) is 4.41. The van der Waals surface area contributed by atoms with Crippen molar-refractivity contribution >= 4 is 0 Å². The number of ether oxygens (including phenoxy) is 1. The molecule has 108 valence electrons. The predicted octanol–water partition coefficient (Wildman–Crippen LogP) is 2.13. The summed E-state index contributed by atoms with van der Waals surface area (Å²) in [5, 5.41) is 2.92. The number of aromatic nitrogens is 2. The molecule has 0 saturated carbocycles. The Morgan fingerprint density at radius 2 is 2.00 bits per heavy atom. The Kier molecular flexibility index (Phi) is 2.59. The zero-order chi connectivity index (χ0) is 13.9. The minimum absolute atomic E-state index is 0.00602. The van der Waals surface area contributed by atoms with E-state index in [4.69, 9.17) is 4.74 Å². The Hall–Kier alpha value is -1.21. The third-order valence-electron chi connectivity index (χ3n) is 4.41. The van der Waals surface area contributed by atoms with E-state index >= 15 is 0 Å². The molecule has 0 radical (unpaired) electrons.